The van der Waals surface area contributed by atoms with Gasteiger partial charge in [-0.25, -0.2) is 0 Å². The lowest BCUT2D eigenvalue weighted by atomic mass is 9.57. The van der Waals surface area contributed by atoms with Crippen LogP contribution in [0, 0.1) is 12.8 Å². The van der Waals surface area contributed by atoms with Crippen molar-refractivity contribution in [2.45, 2.75) is 50.1 Å². The van der Waals surface area contributed by atoms with Crippen molar-refractivity contribution in [2.75, 3.05) is 23.8 Å². The molecule has 0 saturated carbocycles. The van der Waals surface area contributed by atoms with Crippen molar-refractivity contribution in [3.63, 3.8) is 0 Å². The van der Waals surface area contributed by atoms with Crippen molar-refractivity contribution in [3.8, 4) is 5.75 Å². The third-order valence-electron chi connectivity index (χ3n) is 9.34. The predicted octanol–water partition coefficient (Wildman–Crippen LogP) is 5.45. The molecule has 4 aliphatic heterocycles. The number of benzene rings is 3. The maximum Gasteiger partial charge on any atom is 0.251 e. The first kappa shape index (κ1) is 25.3. The third kappa shape index (κ3) is 2.97. The fraction of sp³-hybridized carbons (Fsp3) is 0.344. The Kier molecular flexibility index (Phi) is 5.64. The highest BCUT2D eigenvalue weighted by Crippen LogP contribution is 2.68. The Morgan fingerprint density at radius 3 is 2.70 bits per heavy atom. The minimum absolute atomic E-state index is 0.158. The first-order valence-electron chi connectivity index (χ1n) is 13.9. The Labute approximate surface area is 237 Å². The second-order valence-corrected chi connectivity index (χ2v) is 11.6. The van der Waals surface area contributed by atoms with Crippen LogP contribution in [0.15, 0.2) is 60.7 Å². The number of hydrogen-bond acceptors (Lipinski definition) is 5. The molecular weight excluding hydrogens is 526 g/mol. The average Bonchev–Trinajstić information content (AvgIpc) is 3.68. The number of amides is 2. The van der Waals surface area contributed by atoms with Crippen LogP contribution in [0.4, 0.5) is 11.4 Å². The van der Waals surface area contributed by atoms with E-state index in [1.807, 2.05) is 56.3 Å². The van der Waals surface area contributed by atoms with E-state index in [0.29, 0.717) is 58.4 Å². The minimum atomic E-state index is -1.48. The predicted molar refractivity (Wildman–Crippen MR) is 153 cm³/mol. The lowest BCUT2D eigenvalue weighted by Gasteiger charge is -2.43. The Morgan fingerprint density at radius 1 is 1.05 bits per heavy atom. The topological polar surface area (TPSA) is 87.7 Å². The summed E-state index contributed by atoms with van der Waals surface area (Å²) in [6.45, 7) is 5.04. The zero-order chi connectivity index (χ0) is 27.8. The SMILES string of the molecule is CCCOc1cccc(C(=O)[C@H]2[C@H]3CCCN3[C@@]3(C(=O)Nc4c3ccc(Cl)c4C)[C@]23C(=O)Nc2ccccc23)c1. The van der Waals surface area contributed by atoms with Gasteiger partial charge in [0.1, 0.15) is 16.7 Å². The van der Waals surface area contributed by atoms with Crippen LogP contribution in [0.25, 0.3) is 0 Å². The summed E-state index contributed by atoms with van der Waals surface area (Å²) in [5, 5.41) is 6.72. The van der Waals surface area contributed by atoms with Gasteiger partial charge in [0.2, 0.25) is 5.91 Å². The molecule has 2 N–H and O–H groups in total. The molecule has 2 amide bonds. The van der Waals surface area contributed by atoms with E-state index in [2.05, 4.69) is 15.5 Å². The molecule has 3 aromatic rings. The van der Waals surface area contributed by atoms with Gasteiger partial charge in [-0.1, -0.05) is 54.9 Å². The van der Waals surface area contributed by atoms with Gasteiger partial charge in [-0.2, -0.15) is 0 Å². The highest BCUT2D eigenvalue weighted by Gasteiger charge is 2.81. The summed E-state index contributed by atoms with van der Waals surface area (Å²) in [5.74, 6) is -0.956. The number of nitrogens with one attached hydrogen (secondary N) is 2. The molecule has 4 atom stereocenters. The number of carbonyl (C=O) groups is 3. The van der Waals surface area contributed by atoms with Crippen LogP contribution in [0.5, 0.6) is 5.75 Å². The summed E-state index contributed by atoms with van der Waals surface area (Å²) in [6.07, 6.45) is 2.37. The summed E-state index contributed by atoms with van der Waals surface area (Å²) in [6, 6.07) is 18.0. The van der Waals surface area contributed by atoms with Crippen molar-refractivity contribution in [1.82, 2.24) is 4.90 Å². The van der Waals surface area contributed by atoms with E-state index >= 15 is 0 Å². The molecule has 3 aromatic carbocycles. The van der Waals surface area contributed by atoms with Gasteiger partial charge in [0.05, 0.1) is 18.2 Å². The first-order valence-corrected chi connectivity index (χ1v) is 14.3. The molecule has 7 nitrogen and oxygen atoms in total. The Hall–Kier alpha value is -3.68. The van der Waals surface area contributed by atoms with Crippen molar-refractivity contribution in [3.05, 3.63) is 87.9 Å². The molecule has 4 heterocycles. The molecule has 2 spiro atoms. The average molecular weight is 556 g/mol. The molecule has 0 unspecified atom stereocenters. The highest BCUT2D eigenvalue weighted by molar-refractivity contribution is 6.32. The fourth-order valence-electron chi connectivity index (χ4n) is 7.90. The van der Waals surface area contributed by atoms with Gasteiger partial charge in [-0.05, 0) is 68.1 Å². The number of nitrogens with zero attached hydrogens (tertiary/aromatic N) is 1. The van der Waals surface area contributed by atoms with Crippen LogP contribution in [0.3, 0.4) is 0 Å². The smallest absolute Gasteiger partial charge is 0.251 e. The number of ether oxygens (including phenoxy) is 1. The quantitative estimate of drug-likeness (QED) is 0.409. The zero-order valence-corrected chi connectivity index (χ0v) is 23.2. The monoisotopic (exact) mass is 555 g/mol. The van der Waals surface area contributed by atoms with E-state index in [9.17, 15) is 14.4 Å². The largest absolute Gasteiger partial charge is 0.494 e. The number of rotatable bonds is 5. The van der Waals surface area contributed by atoms with E-state index in [-0.39, 0.29) is 23.6 Å². The standard InChI is InChI=1S/C32H30ClN3O4/c1-3-16-40-20-9-6-8-19(17-20)28(37)26-25-12-7-15-36(25)32(22-13-14-23(33)18(2)27(22)35-30(32)39)31(26)21-10-4-5-11-24(21)34-29(31)38/h4-6,8-11,13-14,17,25-26H,3,7,12,15-16H2,1-2H3,(H,34,38)(H,35,39)/t25-,26-,31+,32+/m1/s1. The van der Waals surface area contributed by atoms with Crippen LogP contribution in [0.2, 0.25) is 5.02 Å². The van der Waals surface area contributed by atoms with Crippen LogP contribution in [-0.4, -0.2) is 41.7 Å². The summed E-state index contributed by atoms with van der Waals surface area (Å²) in [5.41, 5.74) is 0.978. The molecule has 7 rings (SSSR count). The lowest BCUT2D eigenvalue weighted by molar-refractivity contribution is -0.137. The number of Topliss-reactive ketones (excluding diaryl/α,β-unsaturated/α-hetero) is 1. The van der Waals surface area contributed by atoms with Crippen LogP contribution in [0.1, 0.15) is 53.2 Å². The number of fused-ring (bicyclic) bond motifs is 7. The van der Waals surface area contributed by atoms with Gasteiger partial charge < -0.3 is 15.4 Å². The molecule has 0 aliphatic carbocycles. The lowest BCUT2D eigenvalue weighted by Crippen LogP contribution is -2.62. The molecule has 2 fully saturated rings. The van der Waals surface area contributed by atoms with Gasteiger partial charge in [0, 0.05) is 27.9 Å². The van der Waals surface area contributed by atoms with E-state index in [0.717, 1.165) is 18.4 Å². The van der Waals surface area contributed by atoms with Crippen LogP contribution >= 0.6 is 11.6 Å². The maximum atomic E-state index is 14.8. The Balaban J connectivity index is 1.52. The van der Waals surface area contributed by atoms with Crippen LogP contribution in [-0.2, 0) is 20.5 Å². The maximum absolute atomic E-state index is 14.8. The van der Waals surface area contributed by atoms with Gasteiger partial charge in [0.25, 0.3) is 5.91 Å². The van der Waals surface area contributed by atoms with Crippen molar-refractivity contribution < 1.29 is 19.1 Å². The Bertz CT molecular complexity index is 1600. The molecule has 40 heavy (non-hydrogen) atoms. The van der Waals surface area contributed by atoms with Gasteiger partial charge in [-0.15, -0.1) is 0 Å². The van der Waals surface area contributed by atoms with Crippen molar-refractivity contribution in [1.29, 1.82) is 0 Å². The Morgan fingerprint density at radius 2 is 1.88 bits per heavy atom. The number of para-hydroxylation sites is 1. The normalized spacial score (nSPS) is 28.0. The fourth-order valence-corrected chi connectivity index (χ4v) is 8.06. The van der Waals surface area contributed by atoms with E-state index in [4.69, 9.17) is 16.3 Å². The number of halogens is 1. The molecular formula is C32H30ClN3O4. The summed E-state index contributed by atoms with van der Waals surface area (Å²) in [4.78, 5) is 46.1. The number of ketones is 1. The number of hydrogen-bond donors (Lipinski definition) is 2. The number of carbonyl (C=O) groups excluding carboxylic acids is 3. The summed E-state index contributed by atoms with van der Waals surface area (Å²) >= 11 is 6.51. The van der Waals surface area contributed by atoms with Gasteiger partial charge in [-0.3, -0.25) is 19.3 Å². The molecule has 4 aliphatic rings. The second kappa shape index (κ2) is 8.91. The van der Waals surface area contributed by atoms with Crippen molar-refractivity contribution >= 4 is 40.6 Å². The molecule has 204 valence electrons. The second-order valence-electron chi connectivity index (χ2n) is 11.2. The van der Waals surface area contributed by atoms with Crippen LogP contribution < -0.4 is 15.4 Å². The third-order valence-corrected chi connectivity index (χ3v) is 9.75. The van der Waals surface area contributed by atoms with E-state index in [1.165, 1.54) is 0 Å². The first-order chi connectivity index (χ1) is 19.4. The molecule has 0 aromatic heterocycles. The molecule has 0 bridgehead atoms. The zero-order valence-electron chi connectivity index (χ0n) is 22.4. The van der Waals surface area contributed by atoms with E-state index in [1.54, 1.807) is 18.2 Å². The molecule has 2 saturated heterocycles. The number of anilines is 2. The highest BCUT2D eigenvalue weighted by atomic mass is 35.5. The van der Waals surface area contributed by atoms with E-state index < -0.39 is 16.9 Å². The molecule has 8 heteroatoms. The van der Waals surface area contributed by atoms with Crippen molar-refractivity contribution in [2.24, 2.45) is 5.92 Å². The van der Waals surface area contributed by atoms with Gasteiger partial charge in [0.15, 0.2) is 5.78 Å². The van der Waals surface area contributed by atoms with Gasteiger partial charge >= 0.3 is 0 Å². The summed E-state index contributed by atoms with van der Waals surface area (Å²) in [7, 11) is 0. The minimum Gasteiger partial charge on any atom is -0.494 e. The summed E-state index contributed by atoms with van der Waals surface area (Å²) < 4.78 is 5.85. The molecule has 0 radical (unpaired) electrons.